The van der Waals surface area contributed by atoms with E-state index >= 15 is 0 Å². The maximum absolute atomic E-state index is 12.1. The fraction of sp³-hybridized carbons (Fsp3) is 0.636. The molecule has 0 aromatic heterocycles. The second-order valence-electron chi connectivity index (χ2n) is 8.81. The van der Waals surface area contributed by atoms with Gasteiger partial charge in [0.2, 0.25) is 11.8 Å². The number of benzene rings is 1. The van der Waals surface area contributed by atoms with Crippen LogP contribution in [0, 0.1) is 17.8 Å². The molecule has 0 radical (unpaired) electrons. The summed E-state index contributed by atoms with van der Waals surface area (Å²) < 4.78 is 0. The van der Waals surface area contributed by atoms with Gasteiger partial charge in [-0.1, -0.05) is 24.6 Å². The van der Waals surface area contributed by atoms with Crippen LogP contribution in [0.1, 0.15) is 38.5 Å². The van der Waals surface area contributed by atoms with Crippen molar-refractivity contribution < 1.29 is 14.5 Å². The first-order valence-electron chi connectivity index (χ1n) is 10.9. The highest BCUT2D eigenvalue weighted by atomic mass is 16.2. The van der Waals surface area contributed by atoms with E-state index in [0.29, 0.717) is 18.8 Å². The molecule has 6 heteroatoms. The van der Waals surface area contributed by atoms with Crippen LogP contribution in [0.4, 0.5) is 5.69 Å². The number of piperazine rings is 1. The third-order valence-corrected chi connectivity index (χ3v) is 6.97. The van der Waals surface area contributed by atoms with E-state index in [2.05, 4.69) is 40.0 Å². The Bertz CT molecular complexity index is 672. The molecule has 2 bridgehead atoms. The van der Waals surface area contributed by atoms with Gasteiger partial charge in [0.25, 0.3) is 0 Å². The van der Waals surface area contributed by atoms with Gasteiger partial charge in [-0.2, -0.15) is 0 Å². The van der Waals surface area contributed by atoms with Crippen molar-refractivity contribution >= 4 is 17.5 Å². The lowest BCUT2D eigenvalue weighted by atomic mass is 9.86. The first-order chi connectivity index (χ1) is 13.7. The zero-order valence-electron chi connectivity index (χ0n) is 16.7. The Balaban J connectivity index is 1.09. The second-order valence-corrected chi connectivity index (χ2v) is 8.81. The Morgan fingerprint density at radius 2 is 1.75 bits per heavy atom. The van der Waals surface area contributed by atoms with Crippen molar-refractivity contribution in [1.82, 2.24) is 10.9 Å². The minimum Gasteiger partial charge on any atom is -0.360 e. The number of amides is 2. The first-order valence-corrected chi connectivity index (χ1v) is 10.9. The highest BCUT2D eigenvalue weighted by Gasteiger charge is 2.40. The summed E-state index contributed by atoms with van der Waals surface area (Å²) in [6, 6.07) is 10.5. The van der Waals surface area contributed by atoms with Crippen LogP contribution >= 0.6 is 0 Å². The lowest BCUT2D eigenvalue weighted by Gasteiger charge is -2.33. The molecule has 2 aliphatic carbocycles. The summed E-state index contributed by atoms with van der Waals surface area (Å²) in [6.07, 6.45) is 6.16. The monoisotopic (exact) mass is 385 g/mol. The maximum atomic E-state index is 12.1. The summed E-state index contributed by atoms with van der Waals surface area (Å²) >= 11 is 0. The molecule has 1 aromatic carbocycles. The van der Waals surface area contributed by atoms with Crippen LogP contribution in [-0.2, 0) is 9.59 Å². The van der Waals surface area contributed by atoms with Gasteiger partial charge in [-0.3, -0.25) is 20.4 Å². The predicted molar refractivity (Wildman–Crippen MR) is 109 cm³/mol. The van der Waals surface area contributed by atoms with Gasteiger partial charge in [-0.25, -0.2) is 0 Å². The van der Waals surface area contributed by atoms with Crippen molar-refractivity contribution in [2.75, 3.05) is 37.6 Å². The standard InChI is InChI=1S/C22H32N4O2/c27-21(23-24-22(28)16-19-15-17-6-7-18(19)14-17)8-9-25-10-12-26(13-11-25)20-4-2-1-3-5-20/h1-5,17-19H,6-16H2,(H,23,27)(H,24,28)/p+1/t17-,18-,19+/m1/s1. The molecule has 3 fully saturated rings. The molecule has 28 heavy (non-hydrogen) atoms. The number of hydrogen-bond donors (Lipinski definition) is 3. The number of quaternary nitrogens is 1. The fourth-order valence-corrected chi connectivity index (χ4v) is 5.38. The van der Waals surface area contributed by atoms with Gasteiger partial charge in [0.15, 0.2) is 0 Å². The number of fused-ring (bicyclic) bond motifs is 2. The van der Waals surface area contributed by atoms with Crippen LogP contribution in [0.2, 0.25) is 0 Å². The van der Waals surface area contributed by atoms with Crippen LogP contribution in [0.3, 0.4) is 0 Å². The molecule has 3 atom stereocenters. The van der Waals surface area contributed by atoms with Crippen LogP contribution in [0.25, 0.3) is 0 Å². The number of nitrogens with zero attached hydrogens (tertiary/aromatic N) is 1. The molecule has 1 aliphatic heterocycles. The Morgan fingerprint density at radius 1 is 1.00 bits per heavy atom. The van der Waals surface area contributed by atoms with Crippen LogP contribution in [0.5, 0.6) is 0 Å². The summed E-state index contributed by atoms with van der Waals surface area (Å²) in [4.78, 5) is 28.1. The lowest BCUT2D eigenvalue weighted by molar-refractivity contribution is -0.900. The Morgan fingerprint density at radius 3 is 2.43 bits per heavy atom. The SMILES string of the molecule is O=C(CC[NH+]1CCN(c2ccccc2)CC1)NNC(=O)C[C@@H]1C[C@@H]2CC[C@@H]1C2. The van der Waals surface area contributed by atoms with E-state index in [4.69, 9.17) is 0 Å². The van der Waals surface area contributed by atoms with Gasteiger partial charge < -0.3 is 9.80 Å². The van der Waals surface area contributed by atoms with Crippen LogP contribution in [0.15, 0.2) is 30.3 Å². The number of carbonyl (C=O) groups excluding carboxylic acids is 2. The number of carbonyl (C=O) groups is 2. The molecule has 1 saturated heterocycles. The highest BCUT2D eigenvalue weighted by Crippen LogP contribution is 2.49. The van der Waals surface area contributed by atoms with E-state index in [1.807, 2.05) is 6.07 Å². The minimum absolute atomic E-state index is 0.0327. The van der Waals surface area contributed by atoms with E-state index in [9.17, 15) is 9.59 Å². The van der Waals surface area contributed by atoms with Crippen molar-refractivity contribution in [1.29, 1.82) is 0 Å². The third-order valence-electron chi connectivity index (χ3n) is 6.97. The van der Waals surface area contributed by atoms with Gasteiger partial charge >= 0.3 is 0 Å². The highest BCUT2D eigenvalue weighted by molar-refractivity contribution is 5.82. The summed E-state index contributed by atoms with van der Waals surface area (Å²) in [5.74, 6) is 2.00. The molecule has 3 N–H and O–H groups in total. The Labute approximate surface area is 167 Å². The van der Waals surface area contributed by atoms with Crippen molar-refractivity contribution in [3.05, 3.63) is 30.3 Å². The molecule has 2 amide bonds. The Hall–Kier alpha value is -2.08. The predicted octanol–water partition coefficient (Wildman–Crippen LogP) is 0.755. The summed E-state index contributed by atoms with van der Waals surface area (Å²) in [5.41, 5.74) is 6.52. The second kappa shape index (κ2) is 8.95. The number of nitrogens with one attached hydrogen (secondary N) is 3. The number of anilines is 1. The smallest absolute Gasteiger partial charge is 0.244 e. The van der Waals surface area contributed by atoms with Crippen molar-refractivity contribution in [3.63, 3.8) is 0 Å². The molecular weight excluding hydrogens is 352 g/mol. The summed E-state index contributed by atoms with van der Waals surface area (Å²) in [5, 5.41) is 0. The average molecular weight is 386 g/mol. The first kappa shape index (κ1) is 19.2. The fourth-order valence-electron chi connectivity index (χ4n) is 5.38. The number of hydrogen-bond acceptors (Lipinski definition) is 3. The van der Waals surface area contributed by atoms with Crippen LogP contribution < -0.4 is 20.7 Å². The maximum Gasteiger partial charge on any atom is 0.244 e. The topological polar surface area (TPSA) is 65.9 Å². The quantitative estimate of drug-likeness (QED) is 0.634. The molecule has 4 rings (SSSR count). The lowest BCUT2D eigenvalue weighted by Crippen LogP contribution is -3.15. The zero-order valence-corrected chi connectivity index (χ0v) is 16.7. The van der Waals surface area contributed by atoms with E-state index in [0.717, 1.165) is 44.6 Å². The van der Waals surface area contributed by atoms with Gasteiger partial charge in [0.1, 0.15) is 0 Å². The zero-order chi connectivity index (χ0) is 19.3. The molecule has 6 nitrogen and oxygen atoms in total. The number of hydrazine groups is 1. The van der Waals surface area contributed by atoms with E-state index in [1.165, 1.54) is 36.3 Å². The van der Waals surface area contributed by atoms with Crippen molar-refractivity contribution in [2.24, 2.45) is 17.8 Å². The van der Waals surface area contributed by atoms with Crippen molar-refractivity contribution in [2.45, 2.75) is 38.5 Å². The normalized spacial score (nSPS) is 27.0. The molecule has 1 heterocycles. The van der Waals surface area contributed by atoms with Crippen LogP contribution in [-0.4, -0.2) is 44.5 Å². The largest absolute Gasteiger partial charge is 0.360 e. The molecule has 0 unspecified atom stereocenters. The number of rotatable bonds is 6. The van der Waals surface area contributed by atoms with Gasteiger partial charge in [0, 0.05) is 12.1 Å². The van der Waals surface area contributed by atoms with Crippen molar-refractivity contribution in [3.8, 4) is 0 Å². The summed E-state index contributed by atoms with van der Waals surface area (Å²) in [7, 11) is 0. The molecular formula is C22H33N4O2+. The number of para-hydroxylation sites is 1. The average Bonchev–Trinajstić information content (AvgIpc) is 3.35. The van der Waals surface area contributed by atoms with E-state index in [-0.39, 0.29) is 11.8 Å². The third kappa shape index (κ3) is 4.85. The summed E-state index contributed by atoms with van der Waals surface area (Å²) in [6.45, 7) is 4.93. The van der Waals surface area contributed by atoms with E-state index < -0.39 is 0 Å². The van der Waals surface area contributed by atoms with E-state index in [1.54, 1.807) is 0 Å². The molecule has 1 aromatic rings. The molecule has 152 valence electrons. The van der Waals surface area contributed by atoms with Gasteiger partial charge in [-0.15, -0.1) is 0 Å². The molecule has 2 saturated carbocycles. The molecule has 0 spiro atoms. The Kier molecular flexibility index (Phi) is 6.15. The minimum atomic E-state index is -0.0840. The molecule has 3 aliphatic rings. The van der Waals surface area contributed by atoms with Gasteiger partial charge in [-0.05, 0) is 49.1 Å². The van der Waals surface area contributed by atoms with Gasteiger partial charge in [0.05, 0.1) is 39.1 Å².